The van der Waals surface area contributed by atoms with E-state index in [2.05, 4.69) is 11.3 Å². The molecule has 0 saturated carbocycles. The first-order valence-electron chi connectivity index (χ1n) is 3.00. The molecule has 0 aromatic rings. The van der Waals surface area contributed by atoms with E-state index in [1.54, 1.807) is 25.1 Å². The summed E-state index contributed by atoms with van der Waals surface area (Å²) in [5.41, 5.74) is 0. The predicted molar refractivity (Wildman–Crippen MR) is 39.7 cm³/mol. The van der Waals surface area contributed by atoms with Gasteiger partial charge >= 0.3 is 5.97 Å². The Bertz CT molecular complexity index is 132. The van der Waals surface area contributed by atoms with Gasteiger partial charge in [-0.1, -0.05) is 6.08 Å². The van der Waals surface area contributed by atoms with Crippen LogP contribution >= 0.6 is 0 Å². The van der Waals surface area contributed by atoms with Crippen LogP contribution in [-0.2, 0) is 9.53 Å². The van der Waals surface area contributed by atoms with Crippen LogP contribution in [0.3, 0.4) is 0 Å². The van der Waals surface area contributed by atoms with Crippen molar-refractivity contribution in [1.29, 1.82) is 0 Å². The SMILES string of the molecule is C=CC(C(=O)OC)N(C)C. The second-order valence-electron chi connectivity index (χ2n) is 2.17. The van der Waals surface area contributed by atoms with Gasteiger partial charge in [0.1, 0.15) is 6.04 Å². The molecule has 0 amide bonds. The molecule has 0 rings (SSSR count). The standard InChI is InChI=1S/C7H13NO2/c1-5-6(8(2)3)7(9)10-4/h5-6H,1H2,2-4H3. The molecule has 3 nitrogen and oxygen atoms in total. The molecule has 10 heavy (non-hydrogen) atoms. The topological polar surface area (TPSA) is 29.5 Å². The van der Waals surface area contributed by atoms with E-state index < -0.39 is 0 Å². The first-order chi connectivity index (χ1) is 4.63. The number of methoxy groups -OCH3 is 1. The Morgan fingerprint density at radius 2 is 2.20 bits per heavy atom. The molecule has 0 aliphatic carbocycles. The monoisotopic (exact) mass is 143 g/mol. The lowest BCUT2D eigenvalue weighted by molar-refractivity contribution is -0.144. The Labute approximate surface area is 61.3 Å². The minimum absolute atomic E-state index is 0.278. The van der Waals surface area contributed by atoms with Crippen molar-refractivity contribution in [2.45, 2.75) is 6.04 Å². The number of rotatable bonds is 3. The van der Waals surface area contributed by atoms with Crippen LogP contribution in [0.25, 0.3) is 0 Å². The van der Waals surface area contributed by atoms with Gasteiger partial charge in [0.15, 0.2) is 0 Å². The van der Waals surface area contributed by atoms with E-state index in [4.69, 9.17) is 0 Å². The van der Waals surface area contributed by atoms with Gasteiger partial charge in [-0.15, -0.1) is 6.58 Å². The van der Waals surface area contributed by atoms with Crippen LogP contribution < -0.4 is 0 Å². The first kappa shape index (κ1) is 9.17. The van der Waals surface area contributed by atoms with E-state index in [9.17, 15) is 4.79 Å². The minimum atomic E-state index is -0.329. The molecule has 0 spiro atoms. The fourth-order valence-electron chi connectivity index (χ4n) is 0.639. The number of hydrogen-bond acceptors (Lipinski definition) is 3. The summed E-state index contributed by atoms with van der Waals surface area (Å²) in [7, 11) is 4.95. The number of ether oxygens (including phenoxy) is 1. The van der Waals surface area contributed by atoms with Crippen LogP contribution in [0.4, 0.5) is 0 Å². The number of hydrogen-bond donors (Lipinski definition) is 0. The summed E-state index contributed by atoms with van der Waals surface area (Å²) in [6.45, 7) is 3.51. The highest BCUT2D eigenvalue weighted by Crippen LogP contribution is 1.95. The molecule has 3 heteroatoms. The van der Waals surface area contributed by atoms with Crippen molar-refractivity contribution in [2.24, 2.45) is 0 Å². The fraction of sp³-hybridized carbons (Fsp3) is 0.571. The summed E-state index contributed by atoms with van der Waals surface area (Å²) in [6, 6.07) is -0.329. The lowest BCUT2D eigenvalue weighted by Gasteiger charge is -2.17. The summed E-state index contributed by atoms with van der Waals surface area (Å²) in [5, 5.41) is 0. The summed E-state index contributed by atoms with van der Waals surface area (Å²) in [6.07, 6.45) is 1.55. The smallest absolute Gasteiger partial charge is 0.327 e. The maximum Gasteiger partial charge on any atom is 0.327 e. The van der Waals surface area contributed by atoms with Gasteiger partial charge in [0.25, 0.3) is 0 Å². The van der Waals surface area contributed by atoms with E-state index in [-0.39, 0.29) is 12.0 Å². The van der Waals surface area contributed by atoms with E-state index in [1.165, 1.54) is 7.11 Å². The van der Waals surface area contributed by atoms with E-state index in [0.717, 1.165) is 0 Å². The minimum Gasteiger partial charge on any atom is -0.468 e. The summed E-state index contributed by atoms with van der Waals surface area (Å²) < 4.78 is 4.51. The van der Waals surface area contributed by atoms with E-state index in [0.29, 0.717) is 0 Å². The molecule has 0 fully saturated rings. The number of carbonyl (C=O) groups excluding carboxylic acids is 1. The lowest BCUT2D eigenvalue weighted by Crippen LogP contribution is -2.34. The Morgan fingerprint density at radius 1 is 1.70 bits per heavy atom. The fourth-order valence-corrected chi connectivity index (χ4v) is 0.639. The zero-order valence-electron chi connectivity index (χ0n) is 6.63. The van der Waals surface area contributed by atoms with Crippen molar-refractivity contribution < 1.29 is 9.53 Å². The highest BCUT2D eigenvalue weighted by atomic mass is 16.5. The molecule has 58 valence electrons. The Hall–Kier alpha value is -0.830. The number of likely N-dealkylation sites (N-methyl/N-ethyl adjacent to an activating group) is 1. The van der Waals surface area contributed by atoms with E-state index in [1.807, 2.05) is 0 Å². The molecule has 1 unspecified atom stereocenters. The van der Waals surface area contributed by atoms with Gasteiger partial charge in [0, 0.05) is 0 Å². The van der Waals surface area contributed by atoms with Crippen LogP contribution in [0.15, 0.2) is 12.7 Å². The molecule has 0 aromatic carbocycles. The first-order valence-corrected chi connectivity index (χ1v) is 3.00. The second-order valence-corrected chi connectivity index (χ2v) is 2.17. The van der Waals surface area contributed by atoms with Gasteiger partial charge in [-0.2, -0.15) is 0 Å². The molecule has 0 radical (unpaired) electrons. The number of esters is 1. The molecule has 0 bridgehead atoms. The molecule has 0 aromatic heterocycles. The predicted octanol–water partition coefficient (Wildman–Crippen LogP) is 0.276. The molecule has 0 aliphatic rings. The molecular formula is C7H13NO2. The van der Waals surface area contributed by atoms with Gasteiger partial charge in [-0.3, -0.25) is 9.69 Å². The molecular weight excluding hydrogens is 130 g/mol. The van der Waals surface area contributed by atoms with Crippen LogP contribution in [0, 0.1) is 0 Å². The van der Waals surface area contributed by atoms with Crippen LogP contribution in [-0.4, -0.2) is 38.1 Å². The van der Waals surface area contributed by atoms with Gasteiger partial charge < -0.3 is 4.74 Å². The Balaban J connectivity index is 4.06. The number of nitrogens with zero attached hydrogens (tertiary/aromatic N) is 1. The van der Waals surface area contributed by atoms with Crippen molar-refractivity contribution in [2.75, 3.05) is 21.2 Å². The quantitative estimate of drug-likeness (QED) is 0.419. The zero-order chi connectivity index (χ0) is 8.15. The molecule has 0 saturated heterocycles. The second kappa shape index (κ2) is 4.06. The molecule has 1 atom stereocenters. The third-order valence-electron chi connectivity index (χ3n) is 1.22. The van der Waals surface area contributed by atoms with Crippen LogP contribution in [0.1, 0.15) is 0 Å². The van der Waals surface area contributed by atoms with Crippen molar-refractivity contribution in [3.63, 3.8) is 0 Å². The maximum atomic E-state index is 10.8. The average Bonchev–Trinajstić information content (AvgIpc) is 1.88. The van der Waals surface area contributed by atoms with E-state index >= 15 is 0 Å². The largest absolute Gasteiger partial charge is 0.468 e. The van der Waals surface area contributed by atoms with Crippen molar-refractivity contribution in [1.82, 2.24) is 4.90 Å². The highest BCUT2D eigenvalue weighted by Gasteiger charge is 2.16. The van der Waals surface area contributed by atoms with Crippen LogP contribution in [0.2, 0.25) is 0 Å². The van der Waals surface area contributed by atoms with Gasteiger partial charge in [0.05, 0.1) is 7.11 Å². The van der Waals surface area contributed by atoms with Gasteiger partial charge in [-0.25, -0.2) is 0 Å². The van der Waals surface area contributed by atoms with Crippen molar-refractivity contribution in [3.05, 3.63) is 12.7 Å². The third kappa shape index (κ3) is 2.19. The molecule has 0 N–H and O–H groups in total. The summed E-state index contributed by atoms with van der Waals surface area (Å²) in [5.74, 6) is -0.278. The normalized spacial score (nSPS) is 12.8. The van der Waals surface area contributed by atoms with Crippen molar-refractivity contribution >= 4 is 5.97 Å². The summed E-state index contributed by atoms with van der Waals surface area (Å²) in [4.78, 5) is 12.6. The summed E-state index contributed by atoms with van der Waals surface area (Å²) >= 11 is 0. The highest BCUT2D eigenvalue weighted by molar-refractivity contribution is 5.77. The van der Waals surface area contributed by atoms with Gasteiger partial charge in [-0.05, 0) is 14.1 Å². The number of carbonyl (C=O) groups is 1. The van der Waals surface area contributed by atoms with Gasteiger partial charge in [0.2, 0.25) is 0 Å². The van der Waals surface area contributed by atoms with Crippen LogP contribution in [0.5, 0.6) is 0 Å². The Kier molecular flexibility index (Phi) is 3.72. The maximum absolute atomic E-state index is 10.8. The third-order valence-corrected chi connectivity index (χ3v) is 1.22. The van der Waals surface area contributed by atoms with Crippen molar-refractivity contribution in [3.8, 4) is 0 Å². The zero-order valence-corrected chi connectivity index (χ0v) is 6.63. The molecule has 0 aliphatic heterocycles. The lowest BCUT2D eigenvalue weighted by atomic mass is 10.3. The molecule has 0 heterocycles. The average molecular weight is 143 g/mol. The Morgan fingerprint density at radius 3 is 2.30 bits per heavy atom.